The summed E-state index contributed by atoms with van der Waals surface area (Å²) in [5.74, 6) is 1.49. The van der Waals surface area contributed by atoms with Crippen LogP contribution in [-0.4, -0.2) is 36.6 Å². The number of aromatic nitrogens is 2. The highest BCUT2D eigenvalue weighted by Crippen LogP contribution is 2.25. The quantitative estimate of drug-likeness (QED) is 0.638. The molecular formula is C17H17FN4O3. The van der Waals surface area contributed by atoms with Crippen LogP contribution in [0.4, 0.5) is 20.7 Å². The van der Waals surface area contributed by atoms with E-state index >= 15 is 0 Å². The van der Waals surface area contributed by atoms with Gasteiger partial charge >= 0.3 is 6.03 Å². The molecule has 0 spiro atoms. The minimum Gasteiger partial charge on any atom is -0.497 e. The number of halogens is 1. The Morgan fingerprint density at radius 1 is 1.20 bits per heavy atom. The first kappa shape index (κ1) is 16.6. The molecule has 0 saturated heterocycles. The number of hydrogen-bond acceptors (Lipinski definition) is 4. The molecule has 130 valence electrons. The Balaban J connectivity index is 1.73. The number of rotatable bonds is 6. The molecule has 3 N–H and O–H groups in total. The molecule has 2 aromatic carbocycles. The van der Waals surface area contributed by atoms with Crippen molar-refractivity contribution in [3.8, 4) is 11.5 Å². The van der Waals surface area contributed by atoms with Gasteiger partial charge in [0.05, 0.1) is 12.6 Å². The minimum atomic E-state index is -0.572. The van der Waals surface area contributed by atoms with Gasteiger partial charge in [0.1, 0.15) is 24.8 Å². The number of hydrogen-bond donors (Lipinski definition) is 3. The van der Waals surface area contributed by atoms with Crippen molar-refractivity contribution < 1.29 is 18.7 Å². The van der Waals surface area contributed by atoms with Crippen LogP contribution in [0, 0.1) is 0 Å². The molecule has 2 amide bonds. The number of benzene rings is 2. The molecule has 3 rings (SSSR count). The second-order valence-electron chi connectivity index (χ2n) is 5.13. The lowest BCUT2D eigenvalue weighted by Crippen LogP contribution is -2.19. The zero-order chi connectivity index (χ0) is 17.6. The molecule has 8 heteroatoms. The maximum absolute atomic E-state index is 12.2. The summed E-state index contributed by atoms with van der Waals surface area (Å²) in [5.41, 5.74) is 1.31. The van der Waals surface area contributed by atoms with E-state index in [1.165, 1.54) is 0 Å². The number of aromatic amines is 1. The summed E-state index contributed by atoms with van der Waals surface area (Å²) < 4.78 is 22.6. The lowest BCUT2D eigenvalue weighted by atomic mass is 10.2. The highest BCUT2D eigenvalue weighted by molar-refractivity contribution is 6.04. The van der Waals surface area contributed by atoms with Crippen LogP contribution in [0.3, 0.4) is 0 Å². The number of ether oxygens (including phenoxy) is 2. The number of anilines is 2. The van der Waals surface area contributed by atoms with E-state index < -0.39 is 12.7 Å². The summed E-state index contributed by atoms with van der Waals surface area (Å²) in [5, 5.41) is 12.9. The van der Waals surface area contributed by atoms with Gasteiger partial charge in [-0.2, -0.15) is 5.10 Å². The third-order valence-electron chi connectivity index (χ3n) is 3.44. The summed E-state index contributed by atoms with van der Waals surface area (Å²) in [7, 11) is 1.55. The van der Waals surface area contributed by atoms with Crippen molar-refractivity contribution in [3.05, 3.63) is 42.5 Å². The van der Waals surface area contributed by atoms with Gasteiger partial charge in [-0.15, -0.1) is 0 Å². The van der Waals surface area contributed by atoms with Gasteiger partial charge in [0, 0.05) is 17.1 Å². The topological polar surface area (TPSA) is 88.3 Å². The van der Waals surface area contributed by atoms with E-state index in [1.807, 2.05) is 0 Å². The minimum absolute atomic E-state index is 0.0254. The molecule has 0 fully saturated rings. The summed E-state index contributed by atoms with van der Waals surface area (Å²) in [4.78, 5) is 12.2. The average molecular weight is 344 g/mol. The van der Waals surface area contributed by atoms with Gasteiger partial charge in [-0.3, -0.25) is 10.4 Å². The van der Waals surface area contributed by atoms with Crippen LogP contribution in [0.5, 0.6) is 11.5 Å². The van der Waals surface area contributed by atoms with Crippen LogP contribution >= 0.6 is 0 Å². The number of carbonyl (C=O) groups excluding carboxylic acids is 1. The lowest BCUT2D eigenvalue weighted by Gasteiger charge is -2.08. The monoisotopic (exact) mass is 344 g/mol. The summed E-state index contributed by atoms with van der Waals surface area (Å²) in [6.07, 6.45) is 0. The zero-order valence-corrected chi connectivity index (χ0v) is 13.5. The second kappa shape index (κ2) is 7.52. The molecule has 0 radical (unpaired) electrons. The smallest absolute Gasteiger partial charge is 0.324 e. The Kier molecular flexibility index (Phi) is 4.98. The fourth-order valence-electron chi connectivity index (χ4n) is 2.31. The largest absolute Gasteiger partial charge is 0.497 e. The highest BCUT2D eigenvalue weighted by Gasteiger charge is 2.11. The molecule has 1 heterocycles. The van der Waals surface area contributed by atoms with Gasteiger partial charge in [0.25, 0.3) is 0 Å². The zero-order valence-electron chi connectivity index (χ0n) is 13.5. The van der Waals surface area contributed by atoms with Crippen LogP contribution in [0.15, 0.2) is 42.5 Å². The molecule has 3 aromatic rings. The van der Waals surface area contributed by atoms with Crippen LogP contribution in [0.2, 0.25) is 0 Å². The van der Waals surface area contributed by atoms with Crippen molar-refractivity contribution in [2.75, 3.05) is 31.0 Å². The van der Waals surface area contributed by atoms with Gasteiger partial charge in [-0.25, -0.2) is 9.18 Å². The van der Waals surface area contributed by atoms with Crippen LogP contribution in [0.1, 0.15) is 0 Å². The van der Waals surface area contributed by atoms with Gasteiger partial charge in [0.15, 0.2) is 5.82 Å². The Morgan fingerprint density at radius 3 is 2.88 bits per heavy atom. The highest BCUT2D eigenvalue weighted by atomic mass is 19.1. The molecular weight excluding hydrogens is 327 g/mol. The van der Waals surface area contributed by atoms with E-state index in [4.69, 9.17) is 9.47 Å². The number of nitrogens with zero attached hydrogens (tertiary/aromatic N) is 1. The number of methoxy groups -OCH3 is 1. The first-order valence-electron chi connectivity index (χ1n) is 7.58. The van der Waals surface area contributed by atoms with Gasteiger partial charge < -0.3 is 14.8 Å². The standard InChI is InChI=1S/C17H17FN4O3/c1-24-12-4-2-3-11(9-12)19-17(23)20-16-14-10-13(25-8-7-18)5-6-15(14)21-22-16/h2-6,9-10H,7-8H2,1H3,(H3,19,20,21,22,23). The van der Waals surface area contributed by atoms with Crippen LogP contribution in [0.25, 0.3) is 10.9 Å². The normalized spacial score (nSPS) is 10.5. The summed E-state index contributed by atoms with van der Waals surface area (Å²) >= 11 is 0. The molecule has 0 aliphatic heterocycles. The van der Waals surface area contributed by atoms with Gasteiger partial charge in [0.2, 0.25) is 0 Å². The molecule has 25 heavy (non-hydrogen) atoms. The number of carbonyl (C=O) groups is 1. The number of H-pyrrole nitrogens is 1. The summed E-state index contributed by atoms with van der Waals surface area (Å²) in [6, 6.07) is 11.7. The molecule has 0 aliphatic rings. The number of amides is 2. The van der Waals surface area contributed by atoms with Crippen LogP contribution < -0.4 is 20.1 Å². The van der Waals surface area contributed by atoms with Crippen molar-refractivity contribution in [3.63, 3.8) is 0 Å². The molecule has 0 bridgehead atoms. The molecule has 0 aliphatic carbocycles. The third kappa shape index (κ3) is 3.97. The predicted molar refractivity (Wildman–Crippen MR) is 93.2 cm³/mol. The lowest BCUT2D eigenvalue weighted by molar-refractivity contribution is 0.262. The van der Waals surface area contributed by atoms with Gasteiger partial charge in [-0.05, 0) is 30.3 Å². The second-order valence-corrected chi connectivity index (χ2v) is 5.13. The first-order chi connectivity index (χ1) is 12.2. The number of alkyl halides is 1. The fraction of sp³-hybridized carbons (Fsp3) is 0.176. The molecule has 1 aromatic heterocycles. The molecule has 7 nitrogen and oxygen atoms in total. The van der Waals surface area contributed by atoms with E-state index in [2.05, 4.69) is 20.8 Å². The van der Waals surface area contributed by atoms with Crippen molar-refractivity contribution in [2.24, 2.45) is 0 Å². The van der Waals surface area contributed by atoms with E-state index in [0.717, 1.165) is 5.52 Å². The Morgan fingerprint density at radius 2 is 2.08 bits per heavy atom. The van der Waals surface area contributed by atoms with Crippen LogP contribution in [-0.2, 0) is 0 Å². The van der Waals surface area contributed by atoms with Crippen molar-refractivity contribution >= 4 is 28.4 Å². The third-order valence-corrected chi connectivity index (χ3v) is 3.44. The Hall–Kier alpha value is -3.29. The van der Waals surface area contributed by atoms with Gasteiger partial charge in [-0.1, -0.05) is 6.07 Å². The Bertz CT molecular complexity index is 881. The first-order valence-corrected chi connectivity index (χ1v) is 7.58. The van der Waals surface area contributed by atoms with E-state index in [1.54, 1.807) is 49.6 Å². The Labute approximate surface area is 143 Å². The average Bonchev–Trinajstić information content (AvgIpc) is 3.02. The van der Waals surface area contributed by atoms with E-state index in [-0.39, 0.29) is 6.61 Å². The number of nitrogens with one attached hydrogen (secondary N) is 3. The molecule has 0 saturated carbocycles. The maximum atomic E-state index is 12.2. The summed E-state index contributed by atoms with van der Waals surface area (Å²) in [6.45, 7) is -0.597. The van der Waals surface area contributed by atoms with Crippen molar-refractivity contribution in [1.82, 2.24) is 10.2 Å². The fourth-order valence-corrected chi connectivity index (χ4v) is 2.31. The number of urea groups is 1. The SMILES string of the molecule is COc1cccc(NC(=O)Nc2n[nH]c3ccc(OCCF)cc23)c1. The molecule has 0 atom stereocenters. The van der Waals surface area contributed by atoms with E-state index in [0.29, 0.717) is 28.4 Å². The molecule has 0 unspecified atom stereocenters. The van der Waals surface area contributed by atoms with Crippen molar-refractivity contribution in [2.45, 2.75) is 0 Å². The van der Waals surface area contributed by atoms with E-state index in [9.17, 15) is 9.18 Å². The predicted octanol–water partition coefficient (Wildman–Crippen LogP) is 3.56. The van der Waals surface area contributed by atoms with Crippen molar-refractivity contribution in [1.29, 1.82) is 0 Å². The number of fused-ring (bicyclic) bond motifs is 1. The maximum Gasteiger partial charge on any atom is 0.324 e.